The number of nitriles is 1. The number of carbonyl (C=O) groups excluding carboxylic acids is 1. The van der Waals surface area contributed by atoms with E-state index >= 15 is 0 Å². The van der Waals surface area contributed by atoms with Gasteiger partial charge in [0.2, 0.25) is 0 Å². The van der Waals surface area contributed by atoms with E-state index in [-0.39, 0.29) is 19.4 Å². The van der Waals surface area contributed by atoms with Crippen LogP contribution in [0.3, 0.4) is 0 Å². The van der Waals surface area contributed by atoms with Crippen LogP contribution in [-0.2, 0) is 0 Å². The molecule has 0 N–H and O–H groups in total. The molecule has 134 valence electrons. The zero-order valence-electron chi connectivity index (χ0n) is 13.6. The van der Waals surface area contributed by atoms with Gasteiger partial charge in [0.1, 0.15) is 6.04 Å². The van der Waals surface area contributed by atoms with Crippen molar-refractivity contribution in [1.82, 2.24) is 9.88 Å². The van der Waals surface area contributed by atoms with Crippen LogP contribution in [0.15, 0.2) is 36.7 Å². The van der Waals surface area contributed by atoms with Crippen molar-refractivity contribution in [3.8, 4) is 6.07 Å². The number of hydrogen-bond acceptors (Lipinski definition) is 3. The van der Waals surface area contributed by atoms with Gasteiger partial charge >= 0.3 is 12.2 Å². The summed E-state index contributed by atoms with van der Waals surface area (Å²) in [4.78, 5) is 19.8. The third-order valence-electron chi connectivity index (χ3n) is 5.21. The highest BCUT2D eigenvalue weighted by atomic mass is 19.4. The molecule has 8 heteroatoms. The number of nitrogens with zero attached hydrogens (tertiary/aromatic N) is 4. The Morgan fingerprint density at radius 2 is 1.92 bits per heavy atom. The second kappa shape index (κ2) is 5.87. The Bertz CT molecular complexity index is 896. The molecule has 1 aromatic heterocycles. The van der Waals surface area contributed by atoms with Gasteiger partial charge in [-0.1, -0.05) is 24.3 Å². The van der Waals surface area contributed by atoms with Crippen LogP contribution in [0.5, 0.6) is 0 Å². The largest absolute Gasteiger partial charge is 0.391 e. The van der Waals surface area contributed by atoms with Crippen molar-refractivity contribution in [2.24, 2.45) is 5.92 Å². The summed E-state index contributed by atoms with van der Waals surface area (Å²) in [6.45, 7) is 0.105. The zero-order valence-corrected chi connectivity index (χ0v) is 13.6. The molecule has 0 spiro atoms. The number of fused-ring (bicyclic) bond motifs is 1. The van der Waals surface area contributed by atoms with Gasteiger partial charge in [-0.3, -0.25) is 9.88 Å². The third kappa shape index (κ3) is 2.55. The van der Waals surface area contributed by atoms with E-state index in [1.165, 1.54) is 16.0 Å². The van der Waals surface area contributed by atoms with Crippen molar-refractivity contribution in [3.05, 3.63) is 36.7 Å². The first-order valence-corrected chi connectivity index (χ1v) is 8.29. The Morgan fingerprint density at radius 1 is 1.19 bits per heavy atom. The molecule has 1 aliphatic carbocycles. The quantitative estimate of drug-likeness (QED) is 0.820. The van der Waals surface area contributed by atoms with E-state index in [2.05, 4.69) is 11.1 Å². The van der Waals surface area contributed by atoms with Gasteiger partial charge in [-0.15, -0.1) is 0 Å². The van der Waals surface area contributed by atoms with E-state index in [0.717, 1.165) is 10.8 Å². The molecule has 2 aliphatic rings. The summed E-state index contributed by atoms with van der Waals surface area (Å²) in [5.74, 6) is -1.37. The van der Waals surface area contributed by atoms with Gasteiger partial charge in [0.05, 0.1) is 30.4 Å². The molecule has 2 heterocycles. The van der Waals surface area contributed by atoms with Crippen LogP contribution in [0.4, 0.5) is 23.7 Å². The smallest absolute Gasteiger partial charge is 0.318 e. The second-order valence-corrected chi connectivity index (χ2v) is 6.69. The normalized spacial score (nSPS) is 26.1. The van der Waals surface area contributed by atoms with Gasteiger partial charge < -0.3 is 4.90 Å². The van der Waals surface area contributed by atoms with Gasteiger partial charge in [-0.2, -0.15) is 18.4 Å². The molecule has 5 nitrogen and oxygen atoms in total. The number of hydrogen-bond donors (Lipinski definition) is 0. The number of benzene rings is 1. The van der Waals surface area contributed by atoms with Crippen molar-refractivity contribution in [1.29, 1.82) is 5.26 Å². The highest BCUT2D eigenvalue weighted by Gasteiger charge is 2.53. The number of alkyl halides is 3. The molecule has 2 amide bonds. The maximum absolute atomic E-state index is 12.9. The third-order valence-corrected chi connectivity index (χ3v) is 5.21. The van der Waals surface area contributed by atoms with Crippen molar-refractivity contribution < 1.29 is 18.0 Å². The lowest BCUT2D eigenvalue weighted by Gasteiger charge is -2.41. The molecule has 2 aromatic rings. The van der Waals surface area contributed by atoms with E-state index in [1.807, 2.05) is 24.3 Å². The lowest BCUT2D eigenvalue weighted by atomic mass is 9.79. The van der Waals surface area contributed by atoms with Crippen molar-refractivity contribution >= 4 is 22.5 Å². The van der Waals surface area contributed by atoms with Crippen LogP contribution in [0, 0.1) is 17.2 Å². The molecule has 0 radical (unpaired) electrons. The zero-order chi connectivity index (χ0) is 18.5. The van der Waals surface area contributed by atoms with Gasteiger partial charge in [0.15, 0.2) is 0 Å². The minimum atomic E-state index is -4.23. The molecule has 1 aromatic carbocycles. The topological polar surface area (TPSA) is 60.2 Å². The molecule has 26 heavy (non-hydrogen) atoms. The number of pyridine rings is 1. The summed E-state index contributed by atoms with van der Waals surface area (Å²) in [6, 6.07) is 7.80. The number of halogens is 3. The predicted molar refractivity (Wildman–Crippen MR) is 88.3 cm³/mol. The van der Waals surface area contributed by atoms with Crippen molar-refractivity contribution in [3.63, 3.8) is 0 Å². The Hall–Kier alpha value is -2.82. The first-order chi connectivity index (χ1) is 12.4. The van der Waals surface area contributed by atoms with E-state index in [9.17, 15) is 23.2 Å². The molecular weight excluding hydrogens is 345 g/mol. The van der Waals surface area contributed by atoms with Crippen LogP contribution < -0.4 is 4.90 Å². The number of amides is 2. The molecule has 1 atom stereocenters. The average molecular weight is 360 g/mol. The number of anilines is 1. The standard InChI is InChI=1S/C18H15F3N4O/c19-18(20,21)12-5-13(6-12)24-10-14(7-22)25(17(24)26)16-9-23-8-11-3-1-2-4-15(11)16/h1-4,8-9,12-14H,5-6,10H2. The minimum Gasteiger partial charge on any atom is -0.318 e. The fourth-order valence-electron chi connectivity index (χ4n) is 3.69. The Kier molecular flexibility index (Phi) is 3.75. The molecule has 1 aliphatic heterocycles. The summed E-state index contributed by atoms with van der Waals surface area (Å²) in [7, 11) is 0. The maximum atomic E-state index is 12.9. The maximum Gasteiger partial charge on any atom is 0.391 e. The number of urea groups is 1. The van der Waals surface area contributed by atoms with Crippen LogP contribution >= 0.6 is 0 Å². The minimum absolute atomic E-state index is 0.102. The summed E-state index contributed by atoms with van der Waals surface area (Å²) >= 11 is 0. The molecule has 4 rings (SSSR count). The monoisotopic (exact) mass is 360 g/mol. The van der Waals surface area contributed by atoms with Crippen LogP contribution in [0.25, 0.3) is 10.8 Å². The van der Waals surface area contributed by atoms with E-state index in [4.69, 9.17) is 0 Å². The summed E-state index contributed by atoms with van der Waals surface area (Å²) in [5.41, 5.74) is 0.508. The van der Waals surface area contributed by atoms with Crippen LogP contribution in [-0.4, -0.2) is 40.7 Å². The first kappa shape index (κ1) is 16.6. The summed E-state index contributed by atoms with van der Waals surface area (Å²) in [5, 5.41) is 11.1. The van der Waals surface area contributed by atoms with Crippen LogP contribution in [0.1, 0.15) is 12.8 Å². The Labute approximate surface area is 147 Å². The van der Waals surface area contributed by atoms with Crippen molar-refractivity contribution in [2.75, 3.05) is 11.4 Å². The van der Waals surface area contributed by atoms with Crippen molar-refractivity contribution in [2.45, 2.75) is 31.1 Å². The molecule has 0 bridgehead atoms. The van der Waals surface area contributed by atoms with Gasteiger partial charge in [-0.05, 0) is 12.8 Å². The number of carbonyl (C=O) groups is 1. The van der Waals surface area contributed by atoms with E-state index < -0.39 is 30.2 Å². The fraction of sp³-hybridized carbons (Fsp3) is 0.389. The van der Waals surface area contributed by atoms with Gasteiger partial charge in [0.25, 0.3) is 0 Å². The van der Waals surface area contributed by atoms with Gasteiger partial charge in [-0.25, -0.2) is 4.79 Å². The van der Waals surface area contributed by atoms with E-state index in [1.54, 1.807) is 6.20 Å². The predicted octanol–water partition coefficient (Wildman–Crippen LogP) is 3.71. The number of rotatable bonds is 2. The Morgan fingerprint density at radius 3 is 2.62 bits per heavy atom. The first-order valence-electron chi connectivity index (χ1n) is 8.29. The SMILES string of the molecule is N#CC1CN(C2CC(C(F)(F)F)C2)C(=O)N1c1cncc2ccccc12. The molecule has 1 unspecified atom stereocenters. The molecule has 1 saturated carbocycles. The molecule has 1 saturated heterocycles. The molecular formula is C18H15F3N4O. The highest BCUT2D eigenvalue weighted by molar-refractivity contribution is 6.04. The summed E-state index contributed by atoms with van der Waals surface area (Å²) < 4.78 is 38.2. The fourth-order valence-corrected chi connectivity index (χ4v) is 3.69. The number of aromatic nitrogens is 1. The highest BCUT2D eigenvalue weighted by Crippen LogP contribution is 2.45. The Balaban J connectivity index is 1.63. The molecule has 2 fully saturated rings. The van der Waals surface area contributed by atoms with E-state index in [0.29, 0.717) is 5.69 Å². The lowest BCUT2D eigenvalue weighted by Crippen LogP contribution is -2.50. The summed E-state index contributed by atoms with van der Waals surface area (Å²) in [6.07, 6.45) is -1.25. The van der Waals surface area contributed by atoms with Gasteiger partial charge in [0, 0.05) is 23.0 Å². The van der Waals surface area contributed by atoms with Crippen LogP contribution in [0.2, 0.25) is 0 Å². The second-order valence-electron chi connectivity index (χ2n) is 6.69. The lowest BCUT2D eigenvalue weighted by molar-refractivity contribution is -0.204. The average Bonchev–Trinajstić information content (AvgIpc) is 2.88.